The predicted octanol–water partition coefficient (Wildman–Crippen LogP) is 2.35. The van der Waals surface area contributed by atoms with E-state index in [9.17, 15) is 4.39 Å². The van der Waals surface area contributed by atoms with E-state index in [-0.39, 0.29) is 5.56 Å². The van der Waals surface area contributed by atoms with Gasteiger partial charge in [-0.3, -0.25) is 0 Å². The highest BCUT2D eigenvalue weighted by Crippen LogP contribution is 2.13. The van der Waals surface area contributed by atoms with Crippen molar-refractivity contribution in [2.24, 2.45) is 0 Å². The molecular formula is C9H3ClFN. The maximum Gasteiger partial charge on any atom is 0.152 e. The van der Waals surface area contributed by atoms with Gasteiger partial charge < -0.3 is 0 Å². The fourth-order valence-electron chi connectivity index (χ4n) is 0.686. The minimum atomic E-state index is -0.509. The maximum atomic E-state index is 12.9. The Balaban J connectivity index is 3.12. The third-order valence-corrected chi connectivity index (χ3v) is 1.42. The fourth-order valence-corrected chi connectivity index (χ4v) is 0.845. The van der Waals surface area contributed by atoms with Gasteiger partial charge in [-0.2, -0.15) is 5.26 Å². The van der Waals surface area contributed by atoms with Crippen molar-refractivity contribution in [1.82, 2.24) is 0 Å². The number of rotatable bonds is 0. The van der Waals surface area contributed by atoms with E-state index in [1.807, 2.05) is 0 Å². The van der Waals surface area contributed by atoms with Crippen molar-refractivity contribution >= 4 is 11.6 Å². The average Bonchev–Trinajstić information content (AvgIpc) is 2.03. The van der Waals surface area contributed by atoms with Crippen LogP contribution in [-0.4, -0.2) is 0 Å². The number of nitrogens with zero attached hydrogens (tertiary/aromatic N) is 1. The van der Waals surface area contributed by atoms with Crippen molar-refractivity contribution in [2.75, 3.05) is 0 Å². The van der Waals surface area contributed by atoms with Gasteiger partial charge in [0.15, 0.2) is 6.07 Å². The number of halogens is 2. The van der Waals surface area contributed by atoms with Gasteiger partial charge in [0.2, 0.25) is 0 Å². The topological polar surface area (TPSA) is 23.8 Å². The first-order valence-electron chi connectivity index (χ1n) is 3.09. The summed E-state index contributed by atoms with van der Waals surface area (Å²) in [7, 11) is 0. The normalized spacial score (nSPS) is 8.08. The van der Waals surface area contributed by atoms with Gasteiger partial charge >= 0.3 is 0 Å². The molecular weight excluding hydrogens is 177 g/mol. The number of hydrogen-bond donors (Lipinski definition) is 0. The summed E-state index contributed by atoms with van der Waals surface area (Å²) in [5, 5.41) is 8.42. The second kappa shape index (κ2) is 3.76. The molecule has 0 aliphatic rings. The molecule has 0 aliphatic heterocycles. The molecule has 0 spiro atoms. The first kappa shape index (κ1) is 8.59. The van der Waals surface area contributed by atoms with Gasteiger partial charge in [0, 0.05) is 10.9 Å². The van der Waals surface area contributed by atoms with Gasteiger partial charge in [-0.25, -0.2) is 4.39 Å². The van der Waals surface area contributed by atoms with Crippen molar-refractivity contribution in [3.8, 4) is 17.9 Å². The molecule has 0 radical (unpaired) electrons. The molecule has 1 nitrogen and oxygen atoms in total. The van der Waals surface area contributed by atoms with Crippen LogP contribution >= 0.6 is 11.6 Å². The molecule has 1 rings (SSSR count). The lowest BCUT2D eigenvalue weighted by atomic mass is 10.2. The summed E-state index contributed by atoms with van der Waals surface area (Å²) in [6.45, 7) is 0. The maximum absolute atomic E-state index is 12.9. The van der Waals surface area contributed by atoms with Crippen LogP contribution in [0.2, 0.25) is 5.02 Å². The van der Waals surface area contributed by atoms with Crippen LogP contribution in [0.5, 0.6) is 0 Å². The molecule has 0 unspecified atom stereocenters. The van der Waals surface area contributed by atoms with Crippen LogP contribution in [0.3, 0.4) is 0 Å². The summed E-state index contributed by atoms with van der Waals surface area (Å²) >= 11 is 5.50. The van der Waals surface area contributed by atoms with Gasteiger partial charge in [-0.15, -0.1) is 0 Å². The Hall–Kier alpha value is -1.51. The smallest absolute Gasteiger partial charge is 0.152 e. The standard InChI is InChI=1S/C9H3ClFN/c10-8-4-3-7(2-1-5-12)9(11)6-8/h3-4,6H. The molecule has 3 heteroatoms. The fraction of sp³-hybridized carbons (Fsp3) is 0. The van der Waals surface area contributed by atoms with Gasteiger partial charge in [-0.1, -0.05) is 11.6 Å². The molecule has 1 aromatic carbocycles. The summed E-state index contributed by atoms with van der Waals surface area (Å²) < 4.78 is 12.9. The number of benzene rings is 1. The van der Waals surface area contributed by atoms with Crippen molar-refractivity contribution in [3.63, 3.8) is 0 Å². The second-order valence-electron chi connectivity index (χ2n) is 1.99. The summed E-state index contributed by atoms with van der Waals surface area (Å²) in [4.78, 5) is 0. The van der Waals surface area contributed by atoms with Gasteiger partial charge in [-0.05, 0) is 24.1 Å². The highest BCUT2D eigenvalue weighted by molar-refractivity contribution is 6.30. The molecule has 0 bridgehead atoms. The Kier molecular flexibility index (Phi) is 2.69. The Bertz CT molecular complexity index is 395. The number of hydrogen-bond acceptors (Lipinski definition) is 1. The van der Waals surface area contributed by atoms with Crippen molar-refractivity contribution < 1.29 is 4.39 Å². The van der Waals surface area contributed by atoms with Crippen LogP contribution < -0.4 is 0 Å². The minimum Gasteiger partial charge on any atom is -0.206 e. The lowest BCUT2D eigenvalue weighted by Crippen LogP contribution is -1.81. The minimum absolute atomic E-state index is 0.181. The van der Waals surface area contributed by atoms with Gasteiger partial charge in [0.05, 0.1) is 5.56 Å². The van der Waals surface area contributed by atoms with Gasteiger partial charge in [0.1, 0.15) is 5.82 Å². The van der Waals surface area contributed by atoms with Crippen LogP contribution in [0.25, 0.3) is 0 Å². The Morgan fingerprint density at radius 3 is 2.75 bits per heavy atom. The average molecular weight is 180 g/mol. The van der Waals surface area contributed by atoms with E-state index in [1.54, 1.807) is 6.07 Å². The number of nitriles is 1. The van der Waals surface area contributed by atoms with Crippen LogP contribution in [0.15, 0.2) is 18.2 Å². The Labute approximate surface area is 74.4 Å². The molecule has 0 atom stereocenters. The van der Waals surface area contributed by atoms with Gasteiger partial charge in [0.25, 0.3) is 0 Å². The zero-order valence-corrected chi connectivity index (χ0v) is 6.69. The van der Waals surface area contributed by atoms with Crippen LogP contribution in [0.4, 0.5) is 4.39 Å². The van der Waals surface area contributed by atoms with E-state index in [2.05, 4.69) is 11.8 Å². The molecule has 0 saturated carbocycles. The van der Waals surface area contributed by atoms with E-state index in [0.717, 1.165) is 6.07 Å². The lowest BCUT2D eigenvalue weighted by Gasteiger charge is -1.92. The van der Waals surface area contributed by atoms with E-state index in [1.165, 1.54) is 12.1 Å². The Morgan fingerprint density at radius 1 is 1.42 bits per heavy atom. The molecule has 0 heterocycles. The first-order chi connectivity index (χ1) is 5.74. The Morgan fingerprint density at radius 2 is 2.17 bits per heavy atom. The SMILES string of the molecule is N#CC#Cc1ccc(Cl)cc1F. The van der Waals surface area contributed by atoms with Crippen LogP contribution in [0, 0.1) is 29.0 Å². The van der Waals surface area contributed by atoms with E-state index in [0.29, 0.717) is 5.02 Å². The second-order valence-corrected chi connectivity index (χ2v) is 2.42. The highest BCUT2D eigenvalue weighted by Gasteiger charge is 1.98. The molecule has 0 amide bonds. The predicted molar refractivity (Wildman–Crippen MR) is 43.9 cm³/mol. The van der Waals surface area contributed by atoms with E-state index in [4.69, 9.17) is 16.9 Å². The molecule has 0 fully saturated rings. The summed E-state index contributed by atoms with van der Waals surface area (Å²) in [5.74, 6) is 3.93. The summed E-state index contributed by atoms with van der Waals surface area (Å²) in [5.41, 5.74) is 0.181. The molecule has 0 N–H and O–H groups in total. The van der Waals surface area contributed by atoms with Crippen LogP contribution in [-0.2, 0) is 0 Å². The molecule has 0 saturated heterocycles. The highest BCUT2D eigenvalue weighted by atomic mass is 35.5. The third kappa shape index (κ3) is 1.99. The zero-order chi connectivity index (χ0) is 8.97. The van der Waals surface area contributed by atoms with E-state index < -0.39 is 5.82 Å². The van der Waals surface area contributed by atoms with E-state index >= 15 is 0 Å². The summed E-state index contributed by atoms with van der Waals surface area (Å²) in [6, 6.07) is 5.71. The molecule has 12 heavy (non-hydrogen) atoms. The summed E-state index contributed by atoms with van der Waals surface area (Å²) in [6.07, 6.45) is 0. The first-order valence-corrected chi connectivity index (χ1v) is 3.47. The van der Waals surface area contributed by atoms with Crippen molar-refractivity contribution in [3.05, 3.63) is 34.6 Å². The molecule has 0 aliphatic carbocycles. The quantitative estimate of drug-likeness (QED) is 0.561. The molecule has 58 valence electrons. The third-order valence-electron chi connectivity index (χ3n) is 1.18. The molecule has 0 aromatic heterocycles. The van der Waals surface area contributed by atoms with Crippen LogP contribution in [0.1, 0.15) is 5.56 Å². The van der Waals surface area contributed by atoms with Crippen molar-refractivity contribution in [2.45, 2.75) is 0 Å². The monoisotopic (exact) mass is 179 g/mol. The lowest BCUT2D eigenvalue weighted by molar-refractivity contribution is 0.624. The van der Waals surface area contributed by atoms with Crippen molar-refractivity contribution in [1.29, 1.82) is 5.26 Å². The molecule has 1 aromatic rings. The zero-order valence-electron chi connectivity index (χ0n) is 5.94. The largest absolute Gasteiger partial charge is 0.206 e.